The van der Waals surface area contributed by atoms with E-state index in [1.807, 2.05) is 43.4 Å². The molecule has 0 bridgehead atoms. The van der Waals surface area contributed by atoms with E-state index in [2.05, 4.69) is 5.32 Å². The molecular weight excluding hydrogens is 361 g/mol. The SMILES string of the molecule is CC[C@H](O)C[C@@H](NC(=O)C1CCC(C(F)(F)F)NC1=O)c1ccc(C)cc1. The zero-order chi connectivity index (χ0) is 20.2. The number of carbonyl (C=O) groups excluding carboxylic acids is 2. The third-order valence-corrected chi connectivity index (χ3v) is 4.86. The summed E-state index contributed by atoms with van der Waals surface area (Å²) in [7, 11) is 0. The van der Waals surface area contributed by atoms with Gasteiger partial charge in [-0.05, 0) is 38.2 Å². The molecule has 0 aromatic heterocycles. The summed E-state index contributed by atoms with van der Waals surface area (Å²) < 4.78 is 38.2. The summed E-state index contributed by atoms with van der Waals surface area (Å²) in [6, 6.07) is 4.94. The molecule has 5 nitrogen and oxygen atoms in total. The molecule has 4 atom stereocenters. The van der Waals surface area contributed by atoms with Crippen LogP contribution in [0.25, 0.3) is 0 Å². The van der Waals surface area contributed by atoms with E-state index < -0.39 is 42.1 Å². The summed E-state index contributed by atoms with van der Waals surface area (Å²) in [6.07, 6.45) is -4.92. The van der Waals surface area contributed by atoms with E-state index in [1.54, 1.807) is 0 Å². The first-order valence-electron chi connectivity index (χ1n) is 9.04. The molecule has 0 aliphatic carbocycles. The van der Waals surface area contributed by atoms with Crippen molar-refractivity contribution < 1.29 is 27.9 Å². The van der Waals surface area contributed by atoms with Gasteiger partial charge < -0.3 is 15.7 Å². The number of rotatable bonds is 6. The molecule has 0 spiro atoms. The van der Waals surface area contributed by atoms with Crippen molar-refractivity contribution in [1.29, 1.82) is 0 Å². The second kappa shape index (κ2) is 8.73. The van der Waals surface area contributed by atoms with E-state index in [-0.39, 0.29) is 19.3 Å². The van der Waals surface area contributed by atoms with Gasteiger partial charge in [-0.1, -0.05) is 36.8 Å². The number of aryl methyl sites for hydroxylation is 1. The van der Waals surface area contributed by atoms with Gasteiger partial charge >= 0.3 is 6.18 Å². The molecule has 2 rings (SSSR count). The molecule has 1 saturated heterocycles. The van der Waals surface area contributed by atoms with E-state index in [4.69, 9.17) is 0 Å². The van der Waals surface area contributed by atoms with Crippen molar-refractivity contribution in [2.24, 2.45) is 5.92 Å². The number of alkyl halides is 3. The first-order chi connectivity index (χ1) is 12.6. The number of hydrogen-bond donors (Lipinski definition) is 3. The average molecular weight is 386 g/mol. The number of nitrogens with one attached hydrogen (secondary N) is 2. The van der Waals surface area contributed by atoms with E-state index in [0.717, 1.165) is 11.1 Å². The topological polar surface area (TPSA) is 78.4 Å². The lowest BCUT2D eigenvalue weighted by molar-refractivity contribution is -0.171. The number of hydrogen-bond acceptors (Lipinski definition) is 3. The lowest BCUT2D eigenvalue weighted by Crippen LogP contribution is -2.54. The Bertz CT molecular complexity index is 661. The molecule has 1 heterocycles. The highest BCUT2D eigenvalue weighted by Crippen LogP contribution is 2.29. The molecule has 27 heavy (non-hydrogen) atoms. The summed E-state index contributed by atoms with van der Waals surface area (Å²) >= 11 is 0. The third-order valence-electron chi connectivity index (χ3n) is 4.86. The highest BCUT2D eigenvalue weighted by Gasteiger charge is 2.46. The van der Waals surface area contributed by atoms with Crippen LogP contribution in [-0.4, -0.2) is 35.2 Å². The van der Waals surface area contributed by atoms with Crippen molar-refractivity contribution in [2.75, 3.05) is 0 Å². The van der Waals surface area contributed by atoms with E-state index >= 15 is 0 Å². The summed E-state index contributed by atoms with van der Waals surface area (Å²) in [4.78, 5) is 24.6. The lowest BCUT2D eigenvalue weighted by Gasteiger charge is -2.31. The molecule has 0 radical (unpaired) electrons. The van der Waals surface area contributed by atoms with E-state index in [9.17, 15) is 27.9 Å². The van der Waals surface area contributed by atoms with Crippen LogP contribution >= 0.6 is 0 Å². The maximum absolute atomic E-state index is 12.7. The highest BCUT2D eigenvalue weighted by atomic mass is 19.4. The van der Waals surface area contributed by atoms with Crippen molar-refractivity contribution in [2.45, 2.75) is 63.9 Å². The van der Waals surface area contributed by atoms with Crippen LogP contribution in [0.2, 0.25) is 0 Å². The van der Waals surface area contributed by atoms with Crippen molar-refractivity contribution >= 4 is 11.8 Å². The predicted octanol–water partition coefficient (Wildman–Crippen LogP) is 2.77. The monoisotopic (exact) mass is 386 g/mol. The number of carbonyl (C=O) groups is 2. The molecule has 1 aromatic carbocycles. The number of amides is 2. The largest absolute Gasteiger partial charge is 0.408 e. The van der Waals surface area contributed by atoms with Gasteiger partial charge in [-0.15, -0.1) is 0 Å². The van der Waals surface area contributed by atoms with Gasteiger partial charge in [0.25, 0.3) is 0 Å². The summed E-state index contributed by atoms with van der Waals surface area (Å²) in [5.74, 6) is -2.71. The standard InChI is InChI=1S/C19H25F3N2O3/c1-3-13(25)10-15(12-6-4-11(2)5-7-12)23-17(26)14-8-9-16(19(20,21)22)24-18(14)27/h4-7,13-16,25H,3,8-10H2,1-2H3,(H,23,26)(H,24,27)/t13-,14?,15+,16?/m0/s1. The summed E-state index contributed by atoms with van der Waals surface area (Å²) in [6.45, 7) is 3.73. The van der Waals surface area contributed by atoms with Crippen LogP contribution in [0.15, 0.2) is 24.3 Å². The zero-order valence-electron chi connectivity index (χ0n) is 15.3. The normalized spacial score (nSPS) is 22.7. The van der Waals surface area contributed by atoms with Crippen molar-refractivity contribution in [3.05, 3.63) is 35.4 Å². The fourth-order valence-electron chi connectivity index (χ4n) is 3.09. The van der Waals surface area contributed by atoms with Crippen LogP contribution in [0.3, 0.4) is 0 Å². The van der Waals surface area contributed by atoms with Gasteiger partial charge in [-0.2, -0.15) is 13.2 Å². The Morgan fingerprint density at radius 1 is 1.30 bits per heavy atom. The lowest BCUT2D eigenvalue weighted by atomic mass is 9.91. The minimum Gasteiger partial charge on any atom is -0.393 e. The minimum absolute atomic E-state index is 0.168. The minimum atomic E-state index is -4.52. The molecular formula is C19H25F3N2O3. The molecule has 1 aliphatic rings. The van der Waals surface area contributed by atoms with Gasteiger partial charge in [0.15, 0.2) is 0 Å². The summed E-state index contributed by atoms with van der Waals surface area (Å²) in [5.41, 5.74) is 1.80. The maximum Gasteiger partial charge on any atom is 0.408 e. The van der Waals surface area contributed by atoms with Crippen LogP contribution < -0.4 is 10.6 Å². The van der Waals surface area contributed by atoms with Crippen molar-refractivity contribution in [3.63, 3.8) is 0 Å². The molecule has 150 valence electrons. The first-order valence-corrected chi connectivity index (χ1v) is 9.04. The van der Waals surface area contributed by atoms with Gasteiger partial charge in [-0.3, -0.25) is 9.59 Å². The van der Waals surface area contributed by atoms with Crippen molar-refractivity contribution in [3.8, 4) is 0 Å². The number of halogens is 3. The third kappa shape index (κ3) is 5.69. The van der Waals surface area contributed by atoms with Gasteiger partial charge in [0.05, 0.1) is 12.1 Å². The Morgan fingerprint density at radius 2 is 1.93 bits per heavy atom. The van der Waals surface area contributed by atoms with Crippen LogP contribution in [0.5, 0.6) is 0 Å². The molecule has 2 unspecified atom stereocenters. The zero-order valence-corrected chi connectivity index (χ0v) is 15.3. The fourth-order valence-corrected chi connectivity index (χ4v) is 3.09. The smallest absolute Gasteiger partial charge is 0.393 e. The van der Waals surface area contributed by atoms with Gasteiger partial charge in [0.1, 0.15) is 12.0 Å². The molecule has 0 saturated carbocycles. The number of piperidine rings is 1. The van der Waals surface area contributed by atoms with E-state index in [0.29, 0.717) is 6.42 Å². The Hall–Kier alpha value is -2.09. The van der Waals surface area contributed by atoms with Crippen molar-refractivity contribution in [1.82, 2.24) is 10.6 Å². The Morgan fingerprint density at radius 3 is 2.44 bits per heavy atom. The number of aliphatic hydroxyl groups excluding tert-OH is 1. The Labute approximate surface area is 156 Å². The maximum atomic E-state index is 12.7. The molecule has 1 aromatic rings. The fraction of sp³-hybridized carbons (Fsp3) is 0.579. The number of benzene rings is 1. The average Bonchev–Trinajstić information content (AvgIpc) is 2.60. The molecule has 8 heteroatoms. The molecule has 2 amide bonds. The highest BCUT2D eigenvalue weighted by molar-refractivity contribution is 6.01. The van der Waals surface area contributed by atoms with Crippen LogP contribution in [0.1, 0.15) is 49.8 Å². The van der Waals surface area contributed by atoms with E-state index in [1.165, 1.54) is 0 Å². The van der Waals surface area contributed by atoms with Crippen LogP contribution in [0, 0.1) is 12.8 Å². The van der Waals surface area contributed by atoms with Crippen LogP contribution in [0.4, 0.5) is 13.2 Å². The Kier molecular flexibility index (Phi) is 6.86. The second-order valence-corrected chi connectivity index (χ2v) is 7.00. The number of aliphatic hydroxyl groups is 1. The summed E-state index contributed by atoms with van der Waals surface area (Å²) in [5, 5.41) is 14.6. The van der Waals surface area contributed by atoms with Crippen LogP contribution in [-0.2, 0) is 9.59 Å². The van der Waals surface area contributed by atoms with Gasteiger partial charge in [-0.25, -0.2) is 0 Å². The van der Waals surface area contributed by atoms with Gasteiger partial charge in [0, 0.05) is 0 Å². The molecule has 1 fully saturated rings. The Balaban J connectivity index is 2.09. The second-order valence-electron chi connectivity index (χ2n) is 7.00. The molecule has 1 aliphatic heterocycles. The first kappa shape index (κ1) is 21.2. The van der Waals surface area contributed by atoms with Gasteiger partial charge in [0.2, 0.25) is 11.8 Å². The predicted molar refractivity (Wildman–Crippen MR) is 93.7 cm³/mol. The quantitative estimate of drug-likeness (QED) is 0.658. The molecule has 3 N–H and O–H groups in total.